The van der Waals surface area contributed by atoms with Crippen LogP contribution in [0.5, 0.6) is 5.75 Å². The van der Waals surface area contributed by atoms with Gasteiger partial charge in [-0.3, -0.25) is 9.59 Å². The van der Waals surface area contributed by atoms with Crippen molar-refractivity contribution < 1.29 is 19.4 Å². The van der Waals surface area contributed by atoms with E-state index in [0.717, 1.165) is 36.8 Å². The van der Waals surface area contributed by atoms with Crippen molar-refractivity contribution in [2.75, 3.05) is 7.11 Å². The van der Waals surface area contributed by atoms with Crippen molar-refractivity contribution in [2.45, 2.75) is 44.7 Å². The molecule has 1 amide bonds. The summed E-state index contributed by atoms with van der Waals surface area (Å²) in [4.78, 5) is 28.0. The minimum absolute atomic E-state index is 0.0165. The first kappa shape index (κ1) is 20.5. The Kier molecular flexibility index (Phi) is 5.56. The average molecular weight is 426 g/mol. The lowest BCUT2D eigenvalue weighted by molar-refractivity contribution is -0.141. The number of ketones is 1. The SMILES string of the molecule is COc1ccc(Cl)c(/C(O)=C2\C(=O)C(=O)N(C3CCCC3)C2c2ccccc2C)c1. The Morgan fingerprint density at radius 3 is 2.50 bits per heavy atom. The summed E-state index contributed by atoms with van der Waals surface area (Å²) in [7, 11) is 1.51. The number of aliphatic hydroxyl groups excluding tert-OH is 1. The summed E-state index contributed by atoms with van der Waals surface area (Å²) < 4.78 is 5.25. The van der Waals surface area contributed by atoms with Gasteiger partial charge in [0.2, 0.25) is 0 Å². The van der Waals surface area contributed by atoms with Crippen molar-refractivity contribution in [1.82, 2.24) is 4.90 Å². The van der Waals surface area contributed by atoms with Crippen molar-refractivity contribution in [3.63, 3.8) is 0 Å². The molecule has 1 N–H and O–H groups in total. The van der Waals surface area contributed by atoms with Crippen LogP contribution in [-0.4, -0.2) is 34.8 Å². The lowest BCUT2D eigenvalue weighted by atomic mass is 9.92. The summed E-state index contributed by atoms with van der Waals surface area (Å²) in [6.45, 7) is 1.95. The van der Waals surface area contributed by atoms with E-state index in [1.807, 2.05) is 31.2 Å². The number of hydrogen-bond donors (Lipinski definition) is 1. The van der Waals surface area contributed by atoms with Gasteiger partial charge in [-0.25, -0.2) is 0 Å². The number of aryl methyl sites for hydroxylation is 1. The second kappa shape index (κ2) is 8.15. The number of aliphatic hydroxyl groups is 1. The van der Waals surface area contributed by atoms with Crippen molar-refractivity contribution in [3.8, 4) is 5.75 Å². The molecule has 0 aromatic heterocycles. The molecule has 0 radical (unpaired) electrons. The highest BCUT2D eigenvalue weighted by Crippen LogP contribution is 2.45. The summed E-state index contributed by atoms with van der Waals surface area (Å²) in [6.07, 6.45) is 3.76. The maximum Gasteiger partial charge on any atom is 0.295 e. The van der Waals surface area contributed by atoms with E-state index in [4.69, 9.17) is 16.3 Å². The number of Topliss-reactive ketones (excluding diaryl/α,β-unsaturated/α-hetero) is 1. The molecule has 1 atom stereocenters. The van der Waals surface area contributed by atoms with Gasteiger partial charge in [0.15, 0.2) is 0 Å². The van der Waals surface area contributed by atoms with Gasteiger partial charge in [0.05, 0.1) is 23.7 Å². The first-order valence-corrected chi connectivity index (χ1v) is 10.5. The van der Waals surface area contributed by atoms with Gasteiger partial charge >= 0.3 is 0 Å². The van der Waals surface area contributed by atoms with Crippen molar-refractivity contribution >= 4 is 29.1 Å². The lowest BCUT2D eigenvalue weighted by Gasteiger charge is -2.31. The summed E-state index contributed by atoms with van der Waals surface area (Å²) in [6, 6.07) is 11.9. The fourth-order valence-electron chi connectivity index (χ4n) is 4.57. The molecule has 30 heavy (non-hydrogen) atoms. The molecule has 6 heteroatoms. The molecule has 5 nitrogen and oxygen atoms in total. The molecular formula is C24H24ClNO4. The molecule has 1 unspecified atom stereocenters. The third-order valence-electron chi connectivity index (χ3n) is 6.11. The normalized spacial score (nSPS) is 21.4. The van der Waals surface area contributed by atoms with E-state index in [2.05, 4.69) is 0 Å². The van der Waals surface area contributed by atoms with E-state index in [9.17, 15) is 14.7 Å². The second-order valence-corrected chi connectivity index (χ2v) is 8.25. The molecule has 2 aliphatic rings. The van der Waals surface area contributed by atoms with Gasteiger partial charge < -0.3 is 14.7 Å². The molecule has 1 saturated carbocycles. The van der Waals surface area contributed by atoms with Gasteiger partial charge in [-0.05, 0) is 49.1 Å². The fourth-order valence-corrected chi connectivity index (χ4v) is 4.77. The Morgan fingerprint density at radius 1 is 1.13 bits per heavy atom. The van der Waals surface area contributed by atoms with Crippen LogP contribution in [-0.2, 0) is 9.59 Å². The zero-order valence-electron chi connectivity index (χ0n) is 17.0. The van der Waals surface area contributed by atoms with Gasteiger partial charge in [-0.15, -0.1) is 0 Å². The lowest BCUT2D eigenvalue weighted by Crippen LogP contribution is -2.37. The number of amides is 1. The predicted octanol–water partition coefficient (Wildman–Crippen LogP) is 5.02. The third kappa shape index (κ3) is 3.37. The Bertz CT molecular complexity index is 1040. The highest BCUT2D eigenvalue weighted by atomic mass is 35.5. The van der Waals surface area contributed by atoms with E-state index in [-0.39, 0.29) is 28.0 Å². The summed E-state index contributed by atoms with van der Waals surface area (Å²) in [5.74, 6) is -1.01. The zero-order chi connectivity index (χ0) is 21.4. The molecule has 1 aliphatic heterocycles. The van der Waals surface area contributed by atoms with Crippen molar-refractivity contribution in [3.05, 3.63) is 69.8 Å². The first-order chi connectivity index (χ1) is 14.4. The number of carbonyl (C=O) groups excluding carboxylic acids is 2. The smallest absolute Gasteiger partial charge is 0.295 e. The topological polar surface area (TPSA) is 66.8 Å². The summed E-state index contributed by atoms with van der Waals surface area (Å²) >= 11 is 6.34. The molecule has 2 fully saturated rings. The van der Waals surface area contributed by atoms with Crippen LogP contribution in [0, 0.1) is 6.92 Å². The van der Waals surface area contributed by atoms with Gasteiger partial charge in [-0.1, -0.05) is 48.7 Å². The van der Waals surface area contributed by atoms with E-state index in [1.165, 1.54) is 7.11 Å². The number of hydrogen-bond acceptors (Lipinski definition) is 4. The Hall–Kier alpha value is -2.79. The van der Waals surface area contributed by atoms with Gasteiger partial charge in [0.25, 0.3) is 11.7 Å². The van der Waals surface area contributed by atoms with Gasteiger partial charge in [-0.2, -0.15) is 0 Å². The molecule has 4 rings (SSSR count). The minimum Gasteiger partial charge on any atom is -0.507 e. The van der Waals surface area contributed by atoms with Crippen LogP contribution >= 0.6 is 11.6 Å². The second-order valence-electron chi connectivity index (χ2n) is 7.85. The molecule has 0 spiro atoms. The van der Waals surface area contributed by atoms with Crippen LogP contribution < -0.4 is 4.74 Å². The Balaban J connectivity index is 1.94. The van der Waals surface area contributed by atoms with Crippen LogP contribution in [0.15, 0.2) is 48.0 Å². The third-order valence-corrected chi connectivity index (χ3v) is 6.44. The molecule has 1 heterocycles. The van der Waals surface area contributed by atoms with Crippen LogP contribution in [0.2, 0.25) is 5.02 Å². The number of rotatable bonds is 4. The zero-order valence-corrected chi connectivity index (χ0v) is 17.8. The van der Waals surface area contributed by atoms with E-state index < -0.39 is 17.7 Å². The number of methoxy groups -OCH3 is 1. The number of nitrogens with zero attached hydrogens (tertiary/aromatic N) is 1. The minimum atomic E-state index is -0.675. The largest absolute Gasteiger partial charge is 0.507 e. The quantitative estimate of drug-likeness (QED) is 0.424. The average Bonchev–Trinajstić information content (AvgIpc) is 3.35. The molecular weight excluding hydrogens is 402 g/mol. The number of likely N-dealkylation sites (tertiary alicyclic amines) is 1. The first-order valence-electron chi connectivity index (χ1n) is 10.1. The molecule has 2 aromatic rings. The van der Waals surface area contributed by atoms with Crippen LogP contribution in [0.1, 0.15) is 48.4 Å². The van der Waals surface area contributed by atoms with E-state index >= 15 is 0 Å². The van der Waals surface area contributed by atoms with Crippen LogP contribution in [0.3, 0.4) is 0 Å². The predicted molar refractivity (Wildman–Crippen MR) is 116 cm³/mol. The molecule has 1 aliphatic carbocycles. The highest BCUT2D eigenvalue weighted by Gasteiger charge is 2.49. The molecule has 156 valence electrons. The van der Waals surface area contributed by atoms with E-state index in [1.54, 1.807) is 23.1 Å². The highest BCUT2D eigenvalue weighted by molar-refractivity contribution is 6.47. The fraction of sp³-hybridized carbons (Fsp3) is 0.333. The monoisotopic (exact) mass is 425 g/mol. The number of halogens is 1. The Labute approximate surface area is 180 Å². The summed E-state index contributed by atoms with van der Waals surface area (Å²) in [5.41, 5.74) is 2.15. The number of benzene rings is 2. The number of ether oxygens (including phenoxy) is 1. The van der Waals surface area contributed by atoms with Gasteiger partial charge in [0, 0.05) is 11.6 Å². The maximum absolute atomic E-state index is 13.2. The number of carbonyl (C=O) groups is 2. The maximum atomic E-state index is 13.2. The van der Waals surface area contributed by atoms with Crippen molar-refractivity contribution in [1.29, 1.82) is 0 Å². The van der Waals surface area contributed by atoms with Crippen molar-refractivity contribution in [2.24, 2.45) is 0 Å². The molecule has 1 saturated heterocycles. The summed E-state index contributed by atoms with van der Waals surface area (Å²) in [5, 5.41) is 11.5. The Morgan fingerprint density at radius 2 is 1.83 bits per heavy atom. The molecule has 0 bridgehead atoms. The molecule has 2 aromatic carbocycles. The van der Waals surface area contributed by atoms with Gasteiger partial charge in [0.1, 0.15) is 11.5 Å². The van der Waals surface area contributed by atoms with Crippen LogP contribution in [0.4, 0.5) is 0 Å². The van der Waals surface area contributed by atoms with E-state index in [0.29, 0.717) is 5.75 Å². The standard InChI is InChI=1S/C24H24ClNO4/c1-14-7-3-6-10-17(14)21-20(22(27)18-13-16(30-2)11-12-19(18)25)23(28)24(29)26(21)15-8-4-5-9-15/h3,6-7,10-13,15,21,27H,4-5,8-9H2,1-2H3/b22-20+. The van der Waals surface area contributed by atoms with Crippen LogP contribution in [0.25, 0.3) is 5.76 Å².